The molecule has 0 bridgehead atoms. The van der Waals surface area contributed by atoms with E-state index in [0.717, 1.165) is 0 Å². The molecule has 0 aromatic rings. The predicted octanol–water partition coefficient (Wildman–Crippen LogP) is 14.0. The molecule has 0 fully saturated rings. The first-order chi connectivity index (χ1) is 23.3. The first-order valence-corrected chi connectivity index (χ1v) is 15.5. The Hall–Kier alpha value is -1.13. The van der Waals surface area contributed by atoms with Gasteiger partial charge in [-0.15, -0.1) is 0 Å². The Morgan fingerprint density at radius 3 is 0.611 bits per heavy atom. The average molecular weight is 955 g/mol. The van der Waals surface area contributed by atoms with Gasteiger partial charge in [-0.25, -0.2) is 17.6 Å². The Morgan fingerprint density at radius 2 is 0.481 bits per heavy atom. The molecule has 0 atom stereocenters. The van der Waals surface area contributed by atoms with Crippen molar-refractivity contribution >= 4 is 28.6 Å². The second-order valence-corrected chi connectivity index (χ2v) is 12.7. The predicted molar refractivity (Wildman–Crippen MR) is 135 cm³/mol. The van der Waals surface area contributed by atoms with Gasteiger partial charge in [0.1, 0.15) is 0 Å². The summed E-state index contributed by atoms with van der Waals surface area (Å²) < 4.78 is 356. The number of rotatable bonds is 14. The summed E-state index contributed by atoms with van der Waals surface area (Å²) in [5.74, 6) is -6.13. The first-order valence-electron chi connectivity index (χ1n) is 13.7. The molecule has 54 heavy (non-hydrogen) atoms. The maximum absolute atomic E-state index is 13.7. The maximum atomic E-state index is 13.7. The van der Waals surface area contributed by atoms with Crippen LogP contribution >= 0.6 is 28.6 Å². The van der Waals surface area contributed by atoms with Crippen LogP contribution in [0.25, 0.3) is 0 Å². The van der Waals surface area contributed by atoms with Crippen LogP contribution < -0.4 is 0 Å². The fraction of sp³-hybridized carbons (Fsp3) is 1.00. The minimum Gasteiger partial charge on any atom is -0.224 e. The molecule has 0 unspecified atom stereocenters. The SMILES string of the molecule is FC(F)(F)C(F)(CC(CCCBr)CC(F)(C(F)(F)F)C(F)(F)F)C(F)(F)F.FC(F)(F)C(F)(CC(CCCS)CC(F)(C(F)(F)F)C(F)(F)F)C(F)(F)F. The zero-order valence-corrected chi connectivity index (χ0v) is 28.1. The lowest BCUT2D eigenvalue weighted by atomic mass is 9.80. The zero-order chi connectivity index (χ0) is 44.2. The Morgan fingerprint density at radius 1 is 0.315 bits per heavy atom. The Kier molecular flexibility index (Phi) is 18.1. The molecule has 0 aromatic heterocycles. The molecule has 0 N–H and O–H groups in total. The fourth-order valence-electron chi connectivity index (χ4n) is 4.46. The van der Waals surface area contributed by atoms with Crippen LogP contribution in [0.1, 0.15) is 51.4 Å². The van der Waals surface area contributed by atoms with E-state index in [1.807, 2.05) is 0 Å². The van der Waals surface area contributed by atoms with E-state index in [2.05, 4.69) is 28.6 Å². The molecule has 0 saturated carbocycles. The summed E-state index contributed by atoms with van der Waals surface area (Å²) in [5, 5.41) is -0.252. The van der Waals surface area contributed by atoms with Crippen molar-refractivity contribution in [2.45, 2.75) is 123 Å². The minimum atomic E-state index is -6.69. The summed E-state index contributed by atoms with van der Waals surface area (Å²) >= 11 is 6.09. The molecule has 0 aliphatic carbocycles. The van der Waals surface area contributed by atoms with Crippen LogP contribution in [0, 0.1) is 11.8 Å². The van der Waals surface area contributed by atoms with Crippen molar-refractivity contribution in [1.29, 1.82) is 0 Å². The third-order valence-corrected chi connectivity index (χ3v) is 8.27. The van der Waals surface area contributed by atoms with E-state index in [0.29, 0.717) is 0 Å². The van der Waals surface area contributed by atoms with Crippen LogP contribution in [0.3, 0.4) is 0 Å². The fourth-order valence-corrected chi connectivity index (χ4v) is 4.96. The molecular formula is C24H23BrF28S. The van der Waals surface area contributed by atoms with Crippen LogP contribution in [-0.4, -0.2) is 83.2 Å². The lowest BCUT2D eigenvalue weighted by Crippen LogP contribution is -2.57. The molecular weight excluding hydrogens is 932 g/mol. The van der Waals surface area contributed by atoms with E-state index >= 15 is 0 Å². The molecule has 0 heterocycles. The van der Waals surface area contributed by atoms with Gasteiger partial charge in [0.15, 0.2) is 0 Å². The quantitative estimate of drug-likeness (QED) is 0.100. The molecule has 0 amide bonds. The highest BCUT2D eigenvalue weighted by atomic mass is 79.9. The summed E-state index contributed by atoms with van der Waals surface area (Å²) in [7, 11) is 0. The van der Waals surface area contributed by atoms with Gasteiger partial charge in [-0.05, 0) is 43.3 Å². The van der Waals surface area contributed by atoms with Crippen molar-refractivity contribution in [2.24, 2.45) is 11.8 Å². The van der Waals surface area contributed by atoms with Crippen molar-refractivity contribution in [2.75, 3.05) is 11.1 Å². The van der Waals surface area contributed by atoms with Crippen LogP contribution in [-0.2, 0) is 0 Å². The number of halogens is 29. The minimum absolute atomic E-state index is 0.252. The second kappa shape index (κ2) is 17.8. The molecule has 0 radical (unpaired) electrons. The largest absolute Gasteiger partial charge is 0.431 e. The normalized spacial score (nSPS) is 15.6. The molecule has 0 rings (SSSR count). The molecule has 0 aliphatic heterocycles. The lowest BCUT2D eigenvalue weighted by Gasteiger charge is -2.37. The van der Waals surface area contributed by atoms with Gasteiger partial charge in [0.05, 0.1) is 0 Å². The smallest absolute Gasteiger partial charge is 0.224 e. The Bertz CT molecular complexity index is 895. The topological polar surface area (TPSA) is 0 Å². The van der Waals surface area contributed by atoms with E-state index in [1.54, 1.807) is 0 Å². The van der Waals surface area contributed by atoms with Gasteiger partial charge in [-0.2, -0.15) is 118 Å². The summed E-state index contributed by atoms with van der Waals surface area (Å²) in [6.07, 6.45) is -68.4. The van der Waals surface area contributed by atoms with Crippen molar-refractivity contribution in [1.82, 2.24) is 0 Å². The number of hydrogen-bond acceptors (Lipinski definition) is 1. The molecule has 0 saturated heterocycles. The van der Waals surface area contributed by atoms with Crippen LogP contribution in [0.5, 0.6) is 0 Å². The summed E-state index contributed by atoms with van der Waals surface area (Å²) in [5.41, 5.74) is -24.4. The van der Waals surface area contributed by atoms with Gasteiger partial charge < -0.3 is 0 Å². The highest BCUT2D eigenvalue weighted by Crippen LogP contribution is 2.57. The third-order valence-electron chi connectivity index (χ3n) is 7.39. The molecule has 0 aromatic carbocycles. The van der Waals surface area contributed by atoms with Gasteiger partial charge >= 0.3 is 49.4 Å². The molecule has 0 aliphatic rings. The van der Waals surface area contributed by atoms with Crippen LogP contribution in [0.15, 0.2) is 0 Å². The van der Waals surface area contributed by atoms with Crippen molar-refractivity contribution in [3.8, 4) is 0 Å². The Labute approximate surface area is 298 Å². The zero-order valence-electron chi connectivity index (χ0n) is 25.6. The molecule has 328 valence electrons. The van der Waals surface area contributed by atoms with Crippen LogP contribution in [0.4, 0.5) is 123 Å². The monoisotopic (exact) mass is 954 g/mol. The molecule has 0 nitrogen and oxygen atoms in total. The van der Waals surface area contributed by atoms with Crippen molar-refractivity contribution in [3.63, 3.8) is 0 Å². The van der Waals surface area contributed by atoms with Gasteiger partial charge in [-0.1, -0.05) is 15.9 Å². The summed E-state index contributed by atoms with van der Waals surface area (Å²) in [4.78, 5) is 0. The van der Waals surface area contributed by atoms with Crippen molar-refractivity contribution < 1.29 is 123 Å². The summed E-state index contributed by atoms with van der Waals surface area (Å²) in [6.45, 7) is 0. The standard InChI is InChI=1S/C12H11BrF14.C12H12F14S/c13-3-1-2-6(4-7(14,9(16,17)18)10(19,20)21)5-8(15,11(22,23)24)12(25,26)27;13-7(9(15,16)17,10(18,19)20)4-6(2-1-3-27)5-8(14,11(21,22)23)12(24,25)26/h6H,1-5H2;6,27H,1-5H2. The number of alkyl halides is 29. The van der Waals surface area contributed by atoms with Gasteiger partial charge in [-0.3, -0.25) is 0 Å². The van der Waals surface area contributed by atoms with Gasteiger partial charge in [0, 0.05) is 31.0 Å². The molecule has 30 heteroatoms. The van der Waals surface area contributed by atoms with E-state index in [1.165, 1.54) is 0 Å². The van der Waals surface area contributed by atoms with E-state index in [-0.39, 0.29) is 11.1 Å². The third kappa shape index (κ3) is 12.9. The van der Waals surface area contributed by atoms with Gasteiger partial charge in [0.2, 0.25) is 0 Å². The highest BCUT2D eigenvalue weighted by Gasteiger charge is 2.77. The van der Waals surface area contributed by atoms with Crippen molar-refractivity contribution in [3.05, 3.63) is 0 Å². The first kappa shape index (κ1) is 55.0. The van der Waals surface area contributed by atoms with E-state index < -0.39 is 135 Å². The Balaban J connectivity index is 0. The second-order valence-electron chi connectivity index (χ2n) is 11.4. The van der Waals surface area contributed by atoms with Gasteiger partial charge in [0.25, 0.3) is 22.7 Å². The van der Waals surface area contributed by atoms with Crippen LogP contribution in [0.2, 0.25) is 0 Å². The average Bonchev–Trinajstić information content (AvgIpc) is 2.89. The maximum Gasteiger partial charge on any atom is 0.431 e. The lowest BCUT2D eigenvalue weighted by molar-refractivity contribution is -0.358. The van der Waals surface area contributed by atoms with E-state index in [9.17, 15) is 123 Å². The van der Waals surface area contributed by atoms with E-state index in [4.69, 9.17) is 0 Å². The number of thiol groups is 1. The highest BCUT2D eigenvalue weighted by molar-refractivity contribution is 9.09. The molecule has 0 spiro atoms. The summed E-state index contributed by atoms with van der Waals surface area (Å²) in [6, 6.07) is 0. The number of hydrogen-bond donors (Lipinski definition) is 1.